The topological polar surface area (TPSA) is 56.1 Å². The van der Waals surface area contributed by atoms with Crippen molar-refractivity contribution in [2.45, 2.75) is 37.0 Å². The molecular formula is C22H25N3O2S. The maximum Gasteiger partial charge on any atom is 0.230 e. The van der Waals surface area contributed by atoms with Crippen LogP contribution in [0.1, 0.15) is 30.0 Å². The number of para-hydroxylation sites is 2. The van der Waals surface area contributed by atoms with E-state index < -0.39 is 0 Å². The molecule has 0 fully saturated rings. The number of nitrogens with zero attached hydrogens (tertiary/aromatic N) is 2. The van der Waals surface area contributed by atoms with Gasteiger partial charge < -0.3 is 14.6 Å². The van der Waals surface area contributed by atoms with Gasteiger partial charge in [0.1, 0.15) is 0 Å². The number of benzene rings is 2. The average molecular weight is 396 g/mol. The van der Waals surface area contributed by atoms with Crippen LogP contribution >= 0.6 is 11.8 Å². The first-order chi connectivity index (χ1) is 13.8. The summed E-state index contributed by atoms with van der Waals surface area (Å²) in [6.07, 6.45) is 3.21. The summed E-state index contributed by atoms with van der Waals surface area (Å²) in [6.45, 7) is 1.33. The van der Waals surface area contributed by atoms with Crippen LogP contribution in [-0.4, -0.2) is 34.9 Å². The lowest BCUT2D eigenvalue weighted by molar-refractivity contribution is -0.119. The Kier molecular flexibility index (Phi) is 5.98. The zero-order chi connectivity index (χ0) is 19.3. The first-order valence-corrected chi connectivity index (χ1v) is 10.7. The van der Waals surface area contributed by atoms with Crippen molar-refractivity contribution >= 4 is 28.7 Å². The van der Waals surface area contributed by atoms with Crippen molar-refractivity contribution < 1.29 is 9.53 Å². The molecule has 0 saturated carbocycles. The molecular weight excluding hydrogens is 370 g/mol. The summed E-state index contributed by atoms with van der Waals surface area (Å²) in [7, 11) is 1.70. The number of methoxy groups -OCH3 is 1. The van der Waals surface area contributed by atoms with E-state index >= 15 is 0 Å². The Balaban J connectivity index is 1.44. The SMILES string of the molecule is COCCn1c(SCC(=O)N[C@@H]2CCCc3ccccc32)nc2ccccc21. The second-order valence-corrected chi connectivity index (χ2v) is 7.97. The van der Waals surface area contributed by atoms with Gasteiger partial charge in [-0.25, -0.2) is 4.98 Å². The molecule has 0 bridgehead atoms. The Hall–Kier alpha value is -2.31. The van der Waals surface area contributed by atoms with Gasteiger partial charge in [0.05, 0.1) is 29.4 Å². The van der Waals surface area contributed by atoms with E-state index in [0.29, 0.717) is 12.4 Å². The van der Waals surface area contributed by atoms with Crippen molar-refractivity contribution in [3.63, 3.8) is 0 Å². The van der Waals surface area contributed by atoms with Crippen LogP contribution in [-0.2, 0) is 22.5 Å². The van der Waals surface area contributed by atoms with Crippen LogP contribution in [0.4, 0.5) is 0 Å². The molecule has 3 aromatic rings. The number of fused-ring (bicyclic) bond motifs is 2. The highest BCUT2D eigenvalue weighted by Gasteiger charge is 2.21. The van der Waals surface area contributed by atoms with Gasteiger partial charge >= 0.3 is 0 Å². The lowest BCUT2D eigenvalue weighted by atomic mass is 9.88. The van der Waals surface area contributed by atoms with Gasteiger partial charge in [0.25, 0.3) is 0 Å². The predicted octanol–water partition coefficient (Wildman–Crippen LogP) is 3.97. The van der Waals surface area contributed by atoms with E-state index in [2.05, 4.69) is 40.2 Å². The molecule has 1 heterocycles. The summed E-state index contributed by atoms with van der Waals surface area (Å²) in [5, 5.41) is 4.08. The van der Waals surface area contributed by atoms with Crippen LogP contribution in [0.5, 0.6) is 0 Å². The summed E-state index contributed by atoms with van der Waals surface area (Å²) in [4.78, 5) is 17.4. The Morgan fingerprint density at radius 1 is 1.25 bits per heavy atom. The molecule has 0 radical (unpaired) electrons. The Morgan fingerprint density at radius 2 is 2.07 bits per heavy atom. The molecule has 1 aliphatic carbocycles. The lowest BCUT2D eigenvalue weighted by Gasteiger charge is -2.26. The third kappa shape index (κ3) is 4.08. The average Bonchev–Trinajstić information content (AvgIpc) is 3.08. The standard InChI is InChI=1S/C22H25N3O2S/c1-27-14-13-25-20-12-5-4-10-19(20)24-22(25)28-15-21(26)23-18-11-6-8-16-7-2-3-9-17(16)18/h2-5,7,9-10,12,18H,6,8,11,13-15H2,1H3,(H,23,26)/t18-/m1/s1. The number of aromatic nitrogens is 2. The molecule has 146 valence electrons. The van der Waals surface area contributed by atoms with Gasteiger partial charge in [0.2, 0.25) is 5.91 Å². The van der Waals surface area contributed by atoms with E-state index in [4.69, 9.17) is 9.72 Å². The summed E-state index contributed by atoms with van der Waals surface area (Å²) >= 11 is 1.49. The van der Waals surface area contributed by atoms with Gasteiger partial charge in [-0.2, -0.15) is 0 Å². The molecule has 6 heteroatoms. The number of ether oxygens (including phenoxy) is 1. The molecule has 0 saturated heterocycles. The maximum absolute atomic E-state index is 12.6. The molecule has 0 unspecified atom stereocenters. The summed E-state index contributed by atoms with van der Waals surface area (Å²) < 4.78 is 7.37. The zero-order valence-corrected chi connectivity index (χ0v) is 16.9. The minimum atomic E-state index is 0.0528. The Morgan fingerprint density at radius 3 is 2.96 bits per heavy atom. The van der Waals surface area contributed by atoms with Crippen LogP contribution < -0.4 is 5.32 Å². The zero-order valence-electron chi connectivity index (χ0n) is 16.1. The molecule has 1 aliphatic rings. The van der Waals surface area contributed by atoms with Crippen molar-refractivity contribution in [1.82, 2.24) is 14.9 Å². The fourth-order valence-electron chi connectivity index (χ4n) is 3.83. The number of hydrogen-bond acceptors (Lipinski definition) is 4. The van der Waals surface area contributed by atoms with Crippen LogP contribution in [0, 0.1) is 0 Å². The number of carbonyl (C=O) groups excluding carboxylic acids is 1. The molecule has 1 amide bonds. The highest BCUT2D eigenvalue weighted by molar-refractivity contribution is 7.99. The number of imidazole rings is 1. The summed E-state index contributed by atoms with van der Waals surface area (Å²) in [6, 6.07) is 16.6. The number of amides is 1. The molecule has 0 spiro atoms. The highest BCUT2D eigenvalue weighted by atomic mass is 32.2. The van der Waals surface area contributed by atoms with Crippen LogP contribution in [0.15, 0.2) is 53.7 Å². The van der Waals surface area contributed by atoms with Crippen molar-refractivity contribution in [3.05, 3.63) is 59.7 Å². The third-order valence-corrected chi connectivity index (χ3v) is 6.15. The first kappa shape index (κ1) is 19.0. The minimum absolute atomic E-state index is 0.0528. The number of hydrogen-bond donors (Lipinski definition) is 1. The summed E-state index contributed by atoms with van der Waals surface area (Å²) in [5.41, 5.74) is 4.64. The lowest BCUT2D eigenvalue weighted by Crippen LogP contribution is -2.32. The van der Waals surface area contributed by atoms with Gasteiger partial charge in [0, 0.05) is 13.7 Å². The predicted molar refractivity (Wildman–Crippen MR) is 113 cm³/mol. The Labute approximate surface area is 169 Å². The molecule has 28 heavy (non-hydrogen) atoms. The van der Waals surface area contributed by atoms with Crippen molar-refractivity contribution in [3.8, 4) is 0 Å². The minimum Gasteiger partial charge on any atom is -0.383 e. The van der Waals surface area contributed by atoms with E-state index in [9.17, 15) is 4.79 Å². The van der Waals surface area contributed by atoms with Crippen molar-refractivity contribution in [1.29, 1.82) is 0 Å². The normalized spacial score (nSPS) is 16.1. The van der Waals surface area contributed by atoms with Gasteiger partial charge in [-0.05, 0) is 42.5 Å². The number of nitrogens with one attached hydrogen (secondary N) is 1. The van der Waals surface area contributed by atoms with E-state index in [1.807, 2.05) is 18.2 Å². The van der Waals surface area contributed by atoms with E-state index in [-0.39, 0.29) is 11.9 Å². The number of thioether (sulfide) groups is 1. The largest absolute Gasteiger partial charge is 0.383 e. The van der Waals surface area contributed by atoms with Crippen LogP contribution in [0.25, 0.3) is 11.0 Å². The molecule has 2 aromatic carbocycles. The summed E-state index contributed by atoms with van der Waals surface area (Å²) in [5.74, 6) is 0.409. The van der Waals surface area contributed by atoms with Crippen molar-refractivity contribution in [2.75, 3.05) is 19.5 Å². The molecule has 4 rings (SSSR count). The molecule has 1 aromatic heterocycles. The van der Waals surface area contributed by atoms with E-state index in [1.165, 1.54) is 22.9 Å². The molecule has 5 nitrogen and oxygen atoms in total. The Bertz CT molecular complexity index is 969. The highest BCUT2D eigenvalue weighted by Crippen LogP contribution is 2.30. The van der Waals surface area contributed by atoms with Crippen molar-refractivity contribution in [2.24, 2.45) is 0 Å². The monoisotopic (exact) mass is 395 g/mol. The third-order valence-electron chi connectivity index (χ3n) is 5.18. The van der Waals surface area contributed by atoms with Gasteiger partial charge in [-0.15, -0.1) is 0 Å². The number of aryl methyl sites for hydroxylation is 1. The quantitative estimate of drug-likeness (QED) is 0.615. The van der Waals surface area contributed by atoms with Gasteiger partial charge in [-0.3, -0.25) is 4.79 Å². The molecule has 1 atom stereocenters. The van der Waals surface area contributed by atoms with Crippen LogP contribution in [0.3, 0.4) is 0 Å². The van der Waals surface area contributed by atoms with Crippen LogP contribution in [0.2, 0.25) is 0 Å². The van der Waals surface area contributed by atoms with Gasteiger partial charge in [-0.1, -0.05) is 48.2 Å². The second-order valence-electron chi connectivity index (χ2n) is 7.03. The van der Waals surface area contributed by atoms with E-state index in [0.717, 1.165) is 42.0 Å². The smallest absolute Gasteiger partial charge is 0.230 e. The fraction of sp³-hybridized carbons (Fsp3) is 0.364. The first-order valence-electron chi connectivity index (χ1n) is 9.70. The fourth-order valence-corrected chi connectivity index (χ4v) is 4.68. The van der Waals surface area contributed by atoms with E-state index in [1.54, 1.807) is 7.11 Å². The maximum atomic E-state index is 12.6. The number of carbonyl (C=O) groups is 1. The van der Waals surface area contributed by atoms with Gasteiger partial charge in [0.15, 0.2) is 5.16 Å². The molecule has 0 aliphatic heterocycles. The second kappa shape index (κ2) is 8.80. The molecule has 1 N–H and O–H groups in total. The number of rotatable bonds is 7.